The van der Waals surface area contributed by atoms with Gasteiger partial charge in [-0.25, -0.2) is 0 Å². The average molecular weight is 183 g/mol. The molecule has 1 aromatic carbocycles. The van der Waals surface area contributed by atoms with Crippen molar-refractivity contribution < 1.29 is 0 Å². The molecule has 0 fully saturated rings. The second-order valence-electron chi connectivity index (χ2n) is 2.57. The summed E-state index contributed by atoms with van der Waals surface area (Å²) >= 11 is 1.55. The van der Waals surface area contributed by atoms with Gasteiger partial charge in [0, 0.05) is 21.9 Å². The molecule has 0 spiro atoms. The maximum atomic E-state index is 3.08. The molecule has 0 aliphatic rings. The molecule has 1 heteroatoms. The van der Waals surface area contributed by atoms with Crippen LogP contribution in [0.4, 0.5) is 0 Å². The molecule has 0 nitrogen and oxygen atoms in total. The molecule has 1 aromatic heterocycles. The maximum Gasteiger partial charge on any atom is 0.0455 e. The van der Waals surface area contributed by atoms with E-state index in [4.69, 9.17) is 0 Å². The molecule has 61 valence electrons. The molecule has 0 N–H and O–H groups in total. The summed E-state index contributed by atoms with van der Waals surface area (Å²) < 4.78 is 0. The third-order valence-corrected chi connectivity index (χ3v) is 2.22. The Morgan fingerprint density at radius 1 is 1.00 bits per heavy atom. The summed E-state index contributed by atoms with van der Waals surface area (Å²) in [4.78, 5) is 0. The Morgan fingerprint density at radius 2 is 1.77 bits per heavy atom. The molecule has 0 atom stereocenters. The molecule has 13 heavy (non-hydrogen) atoms. The van der Waals surface area contributed by atoms with Gasteiger partial charge >= 0.3 is 0 Å². The van der Waals surface area contributed by atoms with Gasteiger partial charge in [0.1, 0.15) is 0 Å². The predicted octanol–water partition coefficient (Wildman–Crippen LogP) is 2.95. The third kappa shape index (κ3) is 2.21. The molecule has 0 amide bonds. The van der Waals surface area contributed by atoms with Crippen molar-refractivity contribution in [3.63, 3.8) is 0 Å². The number of benzene rings is 1. The zero-order valence-electron chi connectivity index (χ0n) is 6.95. The Balaban J connectivity index is 2.23. The van der Waals surface area contributed by atoms with E-state index in [1.54, 1.807) is 11.3 Å². The Morgan fingerprint density at radius 3 is 2.46 bits per heavy atom. The zero-order chi connectivity index (χ0) is 8.93. The van der Waals surface area contributed by atoms with Gasteiger partial charge in [0.05, 0.1) is 0 Å². The van der Waals surface area contributed by atoms with Gasteiger partial charge in [-0.1, -0.05) is 30.0 Å². The van der Waals surface area contributed by atoms with Gasteiger partial charge in [0.2, 0.25) is 0 Å². The largest absolute Gasteiger partial charge is 0.142 e. The van der Waals surface area contributed by atoms with Crippen molar-refractivity contribution >= 4 is 11.3 Å². The van der Waals surface area contributed by atoms with E-state index in [9.17, 15) is 0 Å². The smallest absolute Gasteiger partial charge is 0.0455 e. The standard InChI is InChI=1S/C12H7S/c1-2-4-11(5-3-1)6-7-12-8-9-13-10-12/h1-5,8,10H. The van der Waals surface area contributed by atoms with Crippen LogP contribution in [0.3, 0.4) is 0 Å². The first-order valence-electron chi connectivity index (χ1n) is 3.97. The van der Waals surface area contributed by atoms with Crippen LogP contribution in [0.5, 0.6) is 0 Å². The van der Waals surface area contributed by atoms with E-state index < -0.39 is 0 Å². The van der Waals surface area contributed by atoms with Crippen LogP contribution in [0, 0.1) is 17.2 Å². The SMILES string of the molecule is C(#Cc1c[c]sc1)c1ccccc1. The van der Waals surface area contributed by atoms with Crippen LogP contribution in [0.25, 0.3) is 0 Å². The molecule has 1 radical (unpaired) electrons. The zero-order valence-corrected chi connectivity index (χ0v) is 7.77. The van der Waals surface area contributed by atoms with Crippen LogP contribution in [-0.4, -0.2) is 0 Å². The van der Waals surface area contributed by atoms with E-state index in [1.165, 1.54) is 0 Å². The number of rotatable bonds is 0. The Bertz CT molecular complexity index is 415. The van der Waals surface area contributed by atoms with Crippen LogP contribution in [-0.2, 0) is 0 Å². The minimum atomic E-state index is 1.04. The summed E-state index contributed by atoms with van der Waals surface area (Å²) in [5.74, 6) is 6.15. The molecule has 0 saturated heterocycles. The van der Waals surface area contributed by atoms with Crippen LogP contribution < -0.4 is 0 Å². The Labute approximate surface area is 81.9 Å². The summed E-state index contributed by atoms with van der Waals surface area (Å²) in [5.41, 5.74) is 2.09. The van der Waals surface area contributed by atoms with Gasteiger partial charge in [0.15, 0.2) is 0 Å². The third-order valence-electron chi connectivity index (χ3n) is 1.59. The minimum Gasteiger partial charge on any atom is -0.142 e. The normalized spacial score (nSPS) is 8.92. The van der Waals surface area contributed by atoms with Crippen molar-refractivity contribution in [2.24, 2.45) is 0 Å². The van der Waals surface area contributed by atoms with E-state index in [2.05, 4.69) is 17.2 Å². The van der Waals surface area contributed by atoms with Gasteiger partial charge in [-0.3, -0.25) is 0 Å². The predicted molar refractivity (Wildman–Crippen MR) is 55.6 cm³/mol. The highest BCUT2D eigenvalue weighted by Crippen LogP contribution is 2.03. The lowest BCUT2D eigenvalue weighted by atomic mass is 10.2. The van der Waals surface area contributed by atoms with Crippen molar-refractivity contribution in [2.75, 3.05) is 0 Å². The second kappa shape index (κ2) is 3.93. The first-order chi connectivity index (χ1) is 6.45. The number of hydrogen-bond acceptors (Lipinski definition) is 1. The Hall–Kier alpha value is -1.52. The van der Waals surface area contributed by atoms with Crippen molar-refractivity contribution in [3.8, 4) is 11.8 Å². The van der Waals surface area contributed by atoms with E-state index in [0.717, 1.165) is 11.1 Å². The number of thiophene rings is 1. The lowest BCUT2D eigenvalue weighted by molar-refractivity contribution is 1.65. The molecule has 0 aliphatic carbocycles. The molecule has 0 unspecified atom stereocenters. The van der Waals surface area contributed by atoms with Crippen molar-refractivity contribution in [3.05, 3.63) is 58.3 Å². The van der Waals surface area contributed by atoms with Crippen molar-refractivity contribution in [1.82, 2.24) is 0 Å². The van der Waals surface area contributed by atoms with E-state index >= 15 is 0 Å². The summed E-state index contributed by atoms with van der Waals surface area (Å²) in [6, 6.07) is 11.9. The second-order valence-corrected chi connectivity index (χ2v) is 3.28. The lowest BCUT2D eigenvalue weighted by Gasteiger charge is -1.85. The molecule has 0 saturated carbocycles. The lowest BCUT2D eigenvalue weighted by Crippen LogP contribution is -1.70. The molecule has 2 aromatic rings. The quantitative estimate of drug-likeness (QED) is 0.551. The van der Waals surface area contributed by atoms with Gasteiger partial charge in [-0.15, -0.1) is 11.3 Å². The number of hydrogen-bond donors (Lipinski definition) is 0. The first kappa shape index (κ1) is 8.10. The summed E-state index contributed by atoms with van der Waals surface area (Å²) in [6.07, 6.45) is 0. The van der Waals surface area contributed by atoms with Gasteiger partial charge in [-0.2, -0.15) is 0 Å². The van der Waals surface area contributed by atoms with E-state index in [1.807, 2.05) is 41.8 Å². The van der Waals surface area contributed by atoms with Crippen LogP contribution >= 0.6 is 11.3 Å². The monoisotopic (exact) mass is 183 g/mol. The molecular formula is C12H7S. The molecule has 1 heterocycles. The van der Waals surface area contributed by atoms with Crippen molar-refractivity contribution in [1.29, 1.82) is 0 Å². The minimum absolute atomic E-state index is 1.04. The first-order valence-corrected chi connectivity index (χ1v) is 4.85. The van der Waals surface area contributed by atoms with Crippen LogP contribution in [0.15, 0.2) is 41.8 Å². The van der Waals surface area contributed by atoms with Crippen LogP contribution in [0.2, 0.25) is 0 Å². The Kier molecular flexibility index (Phi) is 2.45. The average Bonchev–Trinajstić information content (AvgIpc) is 2.69. The fraction of sp³-hybridized carbons (Fsp3) is 0. The van der Waals surface area contributed by atoms with Crippen molar-refractivity contribution in [2.45, 2.75) is 0 Å². The fourth-order valence-electron chi connectivity index (χ4n) is 0.960. The molecule has 0 bridgehead atoms. The van der Waals surface area contributed by atoms with E-state index in [0.29, 0.717) is 0 Å². The fourth-order valence-corrected chi connectivity index (χ4v) is 1.48. The highest BCUT2D eigenvalue weighted by Gasteiger charge is 1.85. The van der Waals surface area contributed by atoms with Gasteiger partial charge in [-0.05, 0) is 18.2 Å². The summed E-state index contributed by atoms with van der Waals surface area (Å²) in [6.45, 7) is 0. The molecule has 0 aliphatic heterocycles. The topological polar surface area (TPSA) is 0 Å². The summed E-state index contributed by atoms with van der Waals surface area (Å²) in [7, 11) is 0. The summed E-state index contributed by atoms with van der Waals surface area (Å²) in [5, 5.41) is 5.00. The van der Waals surface area contributed by atoms with E-state index in [-0.39, 0.29) is 0 Å². The molecular weight excluding hydrogens is 176 g/mol. The maximum absolute atomic E-state index is 3.08. The van der Waals surface area contributed by atoms with Gasteiger partial charge in [0.25, 0.3) is 0 Å². The highest BCUT2D eigenvalue weighted by molar-refractivity contribution is 7.07. The van der Waals surface area contributed by atoms with Crippen LogP contribution in [0.1, 0.15) is 11.1 Å². The molecule has 2 rings (SSSR count). The van der Waals surface area contributed by atoms with Gasteiger partial charge < -0.3 is 0 Å². The highest BCUT2D eigenvalue weighted by atomic mass is 32.1.